The number of hydrogen-bond donors (Lipinski definition) is 2. The minimum Gasteiger partial charge on any atom is -0.353 e. The van der Waals surface area contributed by atoms with Crippen LogP contribution in [-0.2, 0) is 10.2 Å². The Morgan fingerprint density at radius 3 is 2.52 bits per heavy atom. The summed E-state index contributed by atoms with van der Waals surface area (Å²) >= 11 is 1.33. The zero-order valence-corrected chi connectivity index (χ0v) is 15.3. The van der Waals surface area contributed by atoms with Crippen molar-refractivity contribution in [1.82, 2.24) is 25.1 Å². The smallest absolute Gasteiger partial charge is 0.230 e. The molecule has 0 aromatic carbocycles. The van der Waals surface area contributed by atoms with Gasteiger partial charge in [-0.25, -0.2) is 4.68 Å². The third-order valence-electron chi connectivity index (χ3n) is 4.07. The van der Waals surface area contributed by atoms with Gasteiger partial charge in [-0.1, -0.05) is 39.5 Å². The zero-order valence-electron chi connectivity index (χ0n) is 14.5. The molecule has 1 fully saturated rings. The normalized spacial score (nSPS) is 17.4. The van der Waals surface area contributed by atoms with E-state index < -0.39 is 0 Å². The van der Waals surface area contributed by atoms with E-state index in [1.165, 1.54) is 16.4 Å². The van der Waals surface area contributed by atoms with Crippen LogP contribution in [0.3, 0.4) is 0 Å². The number of thioether (sulfide) groups is 1. The first-order chi connectivity index (χ1) is 10.8. The average molecular weight is 340 g/mol. The number of rotatable bonds is 5. The van der Waals surface area contributed by atoms with E-state index in [4.69, 9.17) is 5.84 Å². The highest BCUT2D eigenvalue weighted by Crippen LogP contribution is 2.23. The predicted octanol–water partition coefficient (Wildman–Crippen LogP) is 0.982. The van der Waals surface area contributed by atoms with E-state index in [0.29, 0.717) is 16.7 Å². The van der Waals surface area contributed by atoms with Gasteiger partial charge < -0.3 is 16.1 Å². The van der Waals surface area contributed by atoms with Gasteiger partial charge in [-0.05, 0) is 19.4 Å². The van der Waals surface area contributed by atoms with Crippen molar-refractivity contribution in [2.24, 2.45) is 0 Å². The van der Waals surface area contributed by atoms with Gasteiger partial charge in [-0.2, -0.15) is 0 Å². The average Bonchev–Trinajstić information content (AvgIpc) is 2.87. The van der Waals surface area contributed by atoms with Gasteiger partial charge in [0.05, 0.1) is 5.75 Å². The van der Waals surface area contributed by atoms with E-state index in [1.54, 1.807) is 0 Å². The Labute approximate surface area is 142 Å². The Bertz CT molecular complexity index is 531. The number of nitrogens with two attached hydrogens (primary N) is 1. The molecule has 1 amide bonds. The Kier molecular flexibility index (Phi) is 5.91. The van der Waals surface area contributed by atoms with Gasteiger partial charge in [-0.15, -0.1) is 10.2 Å². The molecule has 0 radical (unpaired) electrons. The number of carbonyl (C=O) groups excluding carboxylic acids is 1. The molecule has 0 spiro atoms. The molecule has 1 aliphatic heterocycles. The molecule has 2 rings (SSSR count). The summed E-state index contributed by atoms with van der Waals surface area (Å²) in [7, 11) is 0. The van der Waals surface area contributed by atoms with Crippen molar-refractivity contribution >= 4 is 17.7 Å². The number of likely N-dealkylation sites (tertiary alicyclic amines) is 1. The molecule has 0 atom stereocenters. The van der Waals surface area contributed by atoms with Gasteiger partial charge in [0.15, 0.2) is 5.82 Å². The number of aromatic nitrogens is 3. The lowest BCUT2D eigenvalue weighted by molar-refractivity contribution is -0.119. The number of piperidine rings is 1. The number of carbonyl (C=O) groups is 1. The molecule has 0 saturated carbocycles. The van der Waals surface area contributed by atoms with Gasteiger partial charge in [0, 0.05) is 24.5 Å². The molecule has 1 aromatic rings. The largest absolute Gasteiger partial charge is 0.353 e. The molecule has 1 aliphatic rings. The van der Waals surface area contributed by atoms with Crippen LogP contribution >= 0.6 is 11.8 Å². The SMILES string of the molecule is CCN1CCC(NC(=O)CSc2nnc(C(C)(C)C)n2N)CC1. The van der Waals surface area contributed by atoms with E-state index >= 15 is 0 Å². The van der Waals surface area contributed by atoms with Crippen molar-refractivity contribution in [2.45, 2.75) is 57.1 Å². The first-order valence-electron chi connectivity index (χ1n) is 8.16. The van der Waals surface area contributed by atoms with Gasteiger partial charge >= 0.3 is 0 Å². The summed E-state index contributed by atoms with van der Waals surface area (Å²) in [5.41, 5.74) is -0.171. The fraction of sp³-hybridized carbons (Fsp3) is 0.800. The minimum atomic E-state index is -0.171. The van der Waals surface area contributed by atoms with E-state index in [2.05, 4.69) is 27.3 Å². The maximum atomic E-state index is 12.1. The van der Waals surface area contributed by atoms with E-state index in [1.807, 2.05) is 20.8 Å². The summed E-state index contributed by atoms with van der Waals surface area (Å²) in [5, 5.41) is 11.9. The van der Waals surface area contributed by atoms with Crippen LogP contribution in [0.4, 0.5) is 0 Å². The highest BCUT2D eigenvalue weighted by molar-refractivity contribution is 7.99. The molecule has 0 unspecified atom stereocenters. The summed E-state index contributed by atoms with van der Waals surface area (Å²) in [6, 6.07) is 0.284. The van der Waals surface area contributed by atoms with E-state index in [0.717, 1.165) is 32.5 Å². The van der Waals surface area contributed by atoms with Crippen LogP contribution in [0.15, 0.2) is 5.16 Å². The number of nitrogen functional groups attached to an aromatic ring is 1. The second kappa shape index (κ2) is 7.53. The van der Waals surface area contributed by atoms with E-state index in [-0.39, 0.29) is 17.4 Å². The molecular weight excluding hydrogens is 312 g/mol. The van der Waals surface area contributed by atoms with Crippen molar-refractivity contribution in [3.05, 3.63) is 5.82 Å². The summed E-state index contributed by atoms with van der Waals surface area (Å²) in [6.07, 6.45) is 2.04. The standard InChI is InChI=1S/C15H28N6OS/c1-5-20-8-6-11(7-9-20)17-12(22)10-23-14-19-18-13(21(14)16)15(2,3)4/h11H,5-10,16H2,1-4H3,(H,17,22). The second-order valence-electron chi connectivity index (χ2n) is 6.99. The minimum absolute atomic E-state index is 0.0326. The van der Waals surface area contributed by atoms with Crippen molar-refractivity contribution < 1.29 is 4.79 Å². The molecule has 130 valence electrons. The zero-order chi connectivity index (χ0) is 17.0. The molecule has 2 heterocycles. The highest BCUT2D eigenvalue weighted by atomic mass is 32.2. The lowest BCUT2D eigenvalue weighted by Crippen LogP contribution is -2.45. The highest BCUT2D eigenvalue weighted by Gasteiger charge is 2.24. The molecule has 0 bridgehead atoms. The van der Waals surface area contributed by atoms with Crippen molar-refractivity contribution in [2.75, 3.05) is 31.2 Å². The third kappa shape index (κ3) is 4.84. The fourth-order valence-corrected chi connectivity index (χ4v) is 3.35. The van der Waals surface area contributed by atoms with Gasteiger partial charge in [0.25, 0.3) is 0 Å². The van der Waals surface area contributed by atoms with Crippen LogP contribution in [0.1, 0.15) is 46.4 Å². The van der Waals surface area contributed by atoms with Crippen LogP contribution in [-0.4, -0.2) is 57.1 Å². The van der Waals surface area contributed by atoms with Crippen LogP contribution in [0.2, 0.25) is 0 Å². The number of nitrogens with one attached hydrogen (secondary N) is 1. The van der Waals surface area contributed by atoms with Crippen molar-refractivity contribution in [1.29, 1.82) is 0 Å². The lowest BCUT2D eigenvalue weighted by Gasteiger charge is -2.31. The van der Waals surface area contributed by atoms with Crippen LogP contribution in [0, 0.1) is 0 Å². The summed E-state index contributed by atoms with van der Waals surface area (Å²) < 4.78 is 1.48. The summed E-state index contributed by atoms with van der Waals surface area (Å²) in [4.78, 5) is 14.5. The van der Waals surface area contributed by atoms with Gasteiger partial charge in [0.2, 0.25) is 11.1 Å². The second-order valence-corrected chi connectivity index (χ2v) is 7.93. The molecule has 7 nitrogen and oxygen atoms in total. The first-order valence-corrected chi connectivity index (χ1v) is 9.15. The maximum absolute atomic E-state index is 12.1. The molecule has 1 saturated heterocycles. The lowest BCUT2D eigenvalue weighted by atomic mass is 9.96. The van der Waals surface area contributed by atoms with Crippen LogP contribution < -0.4 is 11.2 Å². The Morgan fingerprint density at radius 2 is 2.00 bits per heavy atom. The molecule has 8 heteroatoms. The van der Waals surface area contributed by atoms with E-state index in [9.17, 15) is 4.79 Å². The Balaban J connectivity index is 1.80. The van der Waals surface area contributed by atoms with Crippen molar-refractivity contribution in [3.8, 4) is 0 Å². The molecular formula is C15H28N6OS. The first kappa shape index (κ1) is 18.1. The number of hydrogen-bond acceptors (Lipinski definition) is 6. The molecule has 3 N–H and O–H groups in total. The number of nitrogens with zero attached hydrogens (tertiary/aromatic N) is 4. The van der Waals surface area contributed by atoms with Crippen LogP contribution in [0.25, 0.3) is 0 Å². The molecule has 23 heavy (non-hydrogen) atoms. The van der Waals surface area contributed by atoms with Gasteiger partial charge in [0.1, 0.15) is 0 Å². The topological polar surface area (TPSA) is 89.1 Å². The molecule has 1 aromatic heterocycles. The van der Waals surface area contributed by atoms with Gasteiger partial charge in [-0.3, -0.25) is 4.79 Å². The maximum Gasteiger partial charge on any atom is 0.230 e. The fourth-order valence-electron chi connectivity index (χ4n) is 2.68. The molecule has 0 aliphatic carbocycles. The van der Waals surface area contributed by atoms with Crippen LogP contribution in [0.5, 0.6) is 0 Å². The Morgan fingerprint density at radius 1 is 1.35 bits per heavy atom. The quantitative estimate of drug-likeness (QED) is 0.614. The van der Waals surface area contributed by atoms with Crippen molar-refractivity contribution in [3.63, 3.8) is 0 Å². The third-order valence-corrected chi connectivity index (χ3v) is 5.01. The summed E-state index contributed by atoms with van der Waals surface area (Å²) in [5.74, 6) is 7.08. The summed E-state index contributed by atoms with van der Waals surface area (Å²) in [6.45, 7) is 11.5. The predicted molar refractivity (Wildman–Crippen MR) is 92.9 cm³/mol. The monoisotopic (exact) mass is 340 g/mol. The number of amides is 1. The Hall–Kier alpha value is -1.28.